The van der Waals surface area contributed by atoms with E-state index in [1.165, 1.54) is 6.07 Å². The van der Waals surface area contributed by atoms with Crippen molar-refractivity contribution in [1.29, 1.82) is 0 Å². The first-order chi connectivity index (χ1) is 12.5. The molecule has 4 N–H and O–H groups in total. The number of oxazole rings is 1. The summed E-state index contributed by atoms with van der Waals surface area (Å²) in [4.78, 5) is 26.2. The summed E-state index contributed by atoms with van der Waals surface area (Å²) < 4.78 is 18.4. The molecule has 2 atom stereocenters. The third-order valence-corrected chi connectivity index (χ3v) is 4.49. The predicted molar refractivity (Wildman–Crippen MR) is 94.0 cm³/mol. The van der Waals surface area contributed by atoms with E-state index in [1.54, 1.807) is 37.3 Å². The molecular formula is C18H17FN4O3. The standard InChI is InChI=1S/C18H17FN4O3/c1-9-6-10(2-4-12(9)19)13-8-15(23-22-13)17(24)20-11-3-5-16-14(7-11)21-18(25)26-16/h2-7,13,15,22-23H,8H2,1H3,(H,20,24)(H,21,25). The zero-order chi connectivity index (χ0) is 18.3. The minimum Gasteiger partial charge on any atom is -0.408 e. The molecule has 0 radical (unpaired) electrons. The lowest BCUT2D eigenvalue weighted by Gasteiger charge is -2.11. The fraction of sp³-hybridized carbons (Fsp3) is 0.222. The smallest absolute Gasteiger partial charge is 0.408 e. The summed E-state index contributed by atoms with van der Waals surface area (Å²) >= 11 is 0. The van der Waals surface area contributed by atoms with E-state index in [1.807, 2.05) is 0 Å². The maximum Gasteiger partial charge on any atom is 0.417 e. The van der Waals surface area contributed by atoms with Gasteiger partial charge in [0.2, 0.25) is 5.91 Å². The van der Waals surface area contributed by atoms with Crippen LogP contribution in [0, 0.1) is 12.7 Å². The van der Waals surface area contributed by atoms with E-state index in [0.29, 0.717) is 28.8 Å². The fourth-order valence-electron chi connectivity index (χ4n) is 3.09. The van der Waals surface area contributed by atoms with Crippen LogP contribution in [0.1, 0.15) is 23.6 Å². The van der Waals surface area contributed by atoms with Gasteiger partial charge in [0.05, 0.1) is 5.52 Å². The number of fused-ring (bicyclic) bond motifs is 1. The first-order valence-corrected chi connectivity index (χ1v) is 8.20. The third-order valence-electron chi connectivity index (χ3n) is 4.49. The van der Waals surface area contributed by atoms with Gasteiger partial charge in [0.15, 0.2) is 5.58 Å². The minimum atomic E-state index is -0.539. The van der Waals surface area contributed by atoms with Gasteiger partial charge in [-0.15, -0.1) is 0 Å². The average Bonchev–Trinajstić information content (AvgIpc) is 3.23. The highest BCUT2D eigenvalue weighted by Crippen LogP contribution is 2.25. The van der Waals surface area contributed by atoms with Gasteiger partial charge in [-0.1, -0.05) is 12.1 Å². The highest BCUT2D eigenvalue weighted by molar-refractivity contribution is 5.96. The highest BCUT2D eigenvalue weighted by Gasteiger charge is 2.30. The summed E-state index contributed by atoms with van der Waals surface area (Å²) in [6.45, 7) is 1.71. The molecule has 4 rings (SSSR count). The minimum absolute atomic E-state index is 0.0854. The van der Waals surface area contributed by atoms with Crippen LogP contribution in [0.15, 0.2) is 45.6 Å². The molecule has 1 aliphatic heterocycles. The van der Waals surface area contributed by atoms with Crippen molar-refractivity contribution in [1.82, 2.24) is 15.8 Å². The lowest BCUT2D eigenvalue weighted by atomic mass is 10.00. The molecule has 1 saturated heterocycles. The molecule has 8 heteroatoms. The fourth-order valence-corrected chi connectivity index (χ4v) is 3.09. The zero-order valence-corrected chi connectivity index (χ0v) is 13.9. The van der Waals surface area contributed by atoms with Crippen LogP contribution in [-0.4, -0.2) is 16.9 Å². The van der Waals surface area contributed by atoms with E-state index in [4.69, 9.17) is 4.42 Å². The second kappa shape index (κ2) is 6.40. The Hall–Kier alpha value is -2.97. The SMILES string of the molecule is Cc1cc(C2CC(C(=O)Nc3ccc4oc(=O)[nH]c4c3)NN2)ccc1F. The molecule has 0 aliphatic carbocycles. The lowest BCUT2D eigenvalue weighted by molar-refractivity contribution is -0.117. The van der Waals surface area contributed by atoms with E-state index < -0.39 is 11.8 Å². The van der Waals surface area contributed by atoms with Crippen molar-refractivity contribution < 1.29 is 13.6 Å². The van der Waals surface area contributed by atoms with Gasteiger partial charge in [0.25, 0.3) is 0 Å². The molecule has 1 fully saturated rings. The Balaban J connectivity index is 1.44. The van der Waals surface area contributed by atoms with Crippen molar-refractivity contribution in [3.8, 4) is 0 Å². The maximum atomic E-state index is 13.4. The molecule has 2 heterocycles. The van der Waals surface area contributed by atoms with Crippen molar-refractivity contribution in [3.63, 3.8) is 0 Å². The van der Waals surface area contributed by atoms with Crippen molar-refractivity contribution in [2.45, 2.75) is 25.4 Å². The Morgan fingerprint density at radius 1 is 1.23 bits per heavy atom. The normalized spacial score (nSPS) is 19.8. The summed E-state index contributed by atoms with van der Waals surface area (Å²) in [7, 11) is 0. The number of anilines is 1. The van der Waals surface area contributed by atoms with Gasteiger partial charge in [-0.2, -0.15) is 0 Å². The van der Waals surface area contributed by atoms with E-state index in [9.17, 15) is 14.0 Å². The van der Waals surface area contributed by atoms with Gasteiger partial charge in [0, 0.05) is 11.7 Å². The molecule has 1 aromatic heterocycles. The molecule has 0 bridgehead atoms. The largest absolute Gasteiger partial charge is 0.417 e. The Morgan fingerprint density at radius 3 is 2.88 bits per heavy atom. The molecule has 7 nitrogen and oxygen atoms in total. The number of amides is 1. The van der Waals surface area contributed by atoms with Gasteiger partial charge in [-0.3, -0.25) is 9.78 Å². The zero-order valence-electron chi connectivity index (χ0n) is 13.9. The monoisotopic (exact) mass is 356 g/mol. The van der Waals surface area contributed by atoms with Crippen LogP contribution in [0.25, 0.3) is 11.1 Å². The molecule has 0 saturated carbocycles. The Kier molecular flexibility index (Phi) is 4.06. The topological polar surface area (TPSA) is 99.2 Å². The molecule has 134 valence electrons. The quantitative estimate of drug-likeness (QED) is 0.576. The van der Waals surface area contributed by atoms with Crippen molar-refractivity contribution >= 4 is 22.7 Å². The molecule has 26 heavy (non-hydrogen) atoms. The van der Waals surface area contributed by atoms with Gasteiger partial charge < -0.3 is 9.73 Å². The number of aryl methyl sites for hydroxylation is 1. The van der Waals surface area contributed by atoms with Gasteiger partial charge in [-0.05, 0) is 48.7 Å². The van der Waals surface area contributed by atoms with Crippen LogP contribution in [0.5, 0.6) is 0 Å². The molecule has 1 amide bonds. The predicted octanol–water partition coefficient (Wildman–Crippen LogP) is 2.11. The van der Waals surface area contributed by atoms with Crippen LogP contribution in [-0.2, 0) is 4.79 Å². The number of nitrogens with one attached hydrogen (secondary N) is 4. The maximum absolute atomic E-state index is 13.4. The number of hydrogen-bond acceptors (Lipinski definition) is 5. The number of aromatic amines is 1. The number of carbonyl (C=O) groups excluding carboxylic acids is 1. The van der Waals surface area contributed by atoms with E-state index in [2.05, 4.69) is 21.2 Å². The second-order valence-electron chi connectivity index (χ2n) is 6.35. The number of halogens is 1. The Labute approximate surface area is 147 Å². The van der Waals surface area contributed by atoms with E-state index in [-0.39, 0.29) is 17.8 Å². The first kappa shape index (κ1) is 16.5. The summed E-state index contributed by atoms with van der Waals surface area (Å²) in [6, 6.07) is 9.32. The summed E-state index contributed by atoms with van der Waals surface area (Å²) in [5, 5.41) is 2.81. The lowest BCUT2D eigenvalue weighted by Crippen LogP contribution is -2.39. The molecule has 3 aromatic rings. The average molecular weight is 356 g/mol. The van der Waals surface area contributed by atoms with Crippen molar-refractivity contribution in [2.24, 2.45) is 0 Å². The van der Waals surface area contributed by atoms with Gasteiger partial charge >= 0.3 is 5.76 Å². The first-order valence-electron chi connectivity index (χ1n) is 8.20. The summed E-state index contributed by atoms with van der Waals surface area (Å²) in [5.41, 5.74) is 9.04. The number of aromatic nitrogens is 1. The number of H-pyrrole nitrogens is 1. The summed E-state index contributed by atoms with van der Waals surface area (Å²) in [5.74, 6) is -0.992. The second-order valence-corrected chi connectivity index (χ2v) is 6.35. The van der Waals surface area contributed by atoms with E-state index >= 15 is 0 Å². The molecule has 0 spiro atoms. The molecule has 1 aliphatic rings. The number of hydrazine groups is 1. The Morgan fingerprint density at radius 2 is 2.08 bits per heavy atom. The number of benzene rings is 2. The molecule has 2 unspecified atom stereocenters. The third kappa shape index (κ3) is 3.12. The summed E-state index contributed by atoms with van der Waals surface area (Å²) in [6.07, 6.45) is 0.529. The van der Waals surface area contributed by atoms with Crippen LogP contribution in [0.2, 0.25) is 0 Å². The van der Waals surface area contributed by atoms with Crippen LogP contribution >= 0.6 is 0 Å². The Bertz CT molecular complexity index is 1040. The molecular weight excluding hydrogens is 339 g/mol. The van der Waals surface area contributed by atoms with Crippen LogP contribution in [0.4, 0.5) is 10.1 Å². The van der Waals surface area contributed by atoms with Gasteiger partial charge in [-0.25, -0.2) is 20.0 Å². The van der Waals surface area contributed by atoms with Crippen molar-refractivity contribution in [3.05, 3.63) is 63.9 Å². The number of rotatable bonds is 3. The number of carbonyl (C=O) groups is 1. The van der Waals surface area contributed by atoms with Gasteiger partial charge in [0.1, 0.15) is 11.9 Å². The highest BCUT2D eigenvalue weighted by atomic mass is 19.1. The van der Waals surface area contributed by atoms with Crippen LogP contribution < -0.4 is 21.9 Å². The van der Waals surface area contributed by atoms with Crippen molar-refractivity contribution in [2.75, 3.05) is 5.32 Å². The van der Waals surface area contributed by atoms with E-state index in [0.717, 1.165) is 5.56 Å². The molecule has 2 aromatic carbocycles. The number of hydrogen-bond donors (Lipinski definition) is 4. The van der Waals surface area contributed by atoms with Crippen LogP contribution in [0.3, 0.4) is 0 Å².